The van der Waals surface area contributed by atoms with Gasteiger partial charge in [-0.15, -0.1) is 0 Å². The van der Waals surface area contributed by atoms with Gasteiger partial charge in [0, 0.05) is 23.5 Å². The minimum absolute atomic E-state index is 0.0640. The van der Waals surface area contributed by atoms with Crippen LogP contribution in [0.25, 0.3) is 0 Å². The first-order chi connectivity index (χ1) is 11.0. The van der Waals surface area contributed by atoms with Gasteiger partial charge in [-0.05, 0) is 50.1 Å². The second-order valence-corrected chi connectivity index (χ2v) is 5.54. The first kappa shape index (κ1) is 16.7. The molecular formula is C18H21N3O2. The second kappa shape index (κ2) is 7.54. The Bertz CT molecular complexity index is 713. The Morgan fingerprint density at radius 2 is 1.96 bits per heavy atom. The highest BCUT2D eigenvalue weighted by molar-refractivity contribution is 6.05. The highest BCUT2D eigenvalue weighted by Gasteiger charge is 2.13. The van der Waals surface area contributed by atoms with Gasteiger partial charge in [0.05, 0.1) is 0 Å². The van der Waals surface area contributed by atoms with Crippen LogP contribution in [0, 0.1) is 6.92 Å². The lowest BCUT2D eigenvalue weighted by Gasteiger charge is -2.11. The van der Waals surface area contributed by atoms with Gasteiger partial charge in [0.2, 0.25) is 0 Å². The molecule has 1 unspecified atom stereocenters. The summed E-state index contributed by atoms with van der Waals surface area (Å²) in [6, 6.07) is 10.7. The molecule has 2 rings (SSSR count). The maximum absolute atomic E-state index is 12.3. The molecule has 2 N–H and O–H groups in total. The number of anilines is 1. The summed E-state index contributed by atoms with van der Waals surface area (Å²) in [5, 5.41) is 5.65. The molecule has 23 heavy (non-hydrogen) atoms. The molecule has 0 saturated heterocycles. The monoisotopic (exact) mass is 311 g/mol. The van der Waals surface area contributed by atoms with Crippen LogP contribution in [0.4, 0.5) is 5.69 Å². The Labute approximate surface area is 136 Å². The summed E-state index contributed by atoms with van der Waals surface area (Å²) in [5.41, 5.74) is 2.42. The predicted molar refractivity (Wildman–Crippen MR) is 90.6 cm³/mol. The van der Waals surface area contributed by atoms with Crippen LogP contribution in [0.15, 0.2) is 42.6 Å². The average molecular weight is 311 g/mol. The molecule has 0 aliphatic heterocycles. The van der Waals surface area contributed by atoms with Gasteiger partial charge in [0.15, 0.2) is 0 Å². The highest BCUT2D eigenvalue weighted by Crippen LogP contribution is 2.12. The van der Waals surface area contributed by atoms with Crippen LogP contribution in [-0.4, -0.2) is 22.8 Å². The number of amides is 2. The molecule has 0 spiro atoms. The van der Waals surface area contributed by atoms with E-state index < -0.39 is 0 Å². The van der Waals surface area contributed by atoms with Crippen LogP contribution in [0.3, 0.4) is 0 Å². The van der Waals surface area contributed by atoms with E-state index in [1.807, 2.05) is 45.0 Å². The molecule has 5 nitrogen and oxygen atoms in total. The van der Waals surface area contributed by atoms with Gasteiger partial charge < -0.3 is 10.6 Å². The van der Waals surface area contributed by atoms with Crippen molar-refractivity contribution < 1.29 is 9.59 Å². The number of aromatic nitrogens is 1. The van der Waals surface area contributed by atoms with Gasteiger partial charge in [-0.25, -0.2) is 0 Å². The Morgan fingerprint density at radius 3 is 2.65 bits per heavy atom. The van der Waals surface area contributed by atoms with Gasteiger partial charge >= 0.3 is 0 Å². The molecule has 2 aromatic rings. The summed E-state index contributed by atoms with van der Waals surface area (Å²) in [5.74, 6) is -0.542. The number of rotatable bonds is 5. The third-order valence-corrected chi connectivity index (χ3v) is 3.52. The van der Waals surface area contributed by atoms with Crippen molar-refractivity contribution in [2.75, 3.05) is 5.32 Å². The lowest BCUT2D eigenvalue weighted by atomic mass is 10.1. The first-order valence-corrected chi connectivity index (χ1v) is 7.64. The summed E-state index contributed by atoms with van der Waals surface area (Å²) >= 11 is 0. The molecule has 5 heteroatoms. The van der Waals surface area contributed by atoms with Gasteiger partial charge in [0.1, 0.15) is 5.69 Å². The largest absolute Gasteiger partial charge is 0.348 e. The number of aryl methyl sites for hydroxylation is 1. The second-order valence-electron chi connectivity index (χ2n) is 5.54. The fourth-order valence-corrected chi connectivity index (χ4v) is 2.02. The van der Waals surface area contributed by atoms with E-state index in [1.54, 1.807) is 6.07 Å². The zero-order valence-electron chi connectivity index (χ0n) is 13.6. The summed E-state index contributed by atoms with van der Waals surface area (Å²) in [6.45, 7) is 5.87. The van der Waals surface area contributed by atoms with Gasteiger partial charge in [-0.1, -0.05) is 19.1 Å². The number of hydrogen-bond acceptors (Lipinski definition) is 3. The van der Waals surface area contributed by atoms with Gasteiger partial charge in [-0.2, -0.15) is 0 Å². The van der Waals surface area contributed by atoms with Crippen LogP contribution >= 0.6 is 0 Å². The van der Waals surface area contributed by atoms with E-state index in [1.165, 1.54) is 12.3 Å². The first-order valence-electron chi connectivity index (χ1n) is 7.64. The number of benzene rings is 1. The topological polar surface area (TPSA) is 71.1 Å². The molecule has 2 amide bonds. The molecule has 0 aliphatic carbocycles. The fraction of sp³-hybridized carbons (Fsp3) is 0.278. The van der Waals surface area contributed by atoms with E-state index in [-0.39, 0.29) is 23.6 Å². The van der Waals surface area contributed by atoms with Crippen LogP contribution in [0.5, 0.6) is 0 Å². The van der Waals surface area contributed by atoms with Crippen LogP contribution < -0.4 is 10.6 Å². The number of nitrogens with zero attached hydrogens (tertiary/aromatic N) is 1. The minimum Gasteiger partial charge on any atom is -0.348 e. The van der Waals surface area contributed by atoms with E-state index in [4.69, 9.17) is 0 Å². The molecule has 0 bridgehead atoms. The van der Waals surface area contributed by atoms with Gasteiger partial charge in [0.25, 0.3) is 11.8 Å². The van der Waals surface area contributed by atoms with Crippen molar-refractivity contribution in [3.63, 3.8) is 0 Å². The highest BCUT2D eigenvalue weighted by atomic mass is 16.2. The molecule has 0 aliphatic rings. The van der Waals surface area contributed by atoms with Crippen LogP contribution in [0.2, 0.25) is 0 Å². The Kier molecular flexibility index (Phi) is 5.46. The van der Waals surface area contributed by atoms with Crippen molar-refractivity contribution in [1.29, 1.82) is 0 Å². The zero-order valence-corrected chi connectivity index (χ0v) is 13.6. The molecule has 1 heterocycles. The Morgan fingerprint density at radius 1 is 1.17 bits per heavy atom. The van der Waals surface area contributed by atoms with E-state index in [0.717, 1.165) is 17.7 Å². The van der Waals surface area contributed by atoms with E-state index >= 15 is 0 Å². The maximum atomic E-state index is 12.3. The molecule has 0 radical (unpaired) electrons. The number of nitrogens with one attached hydrogen (secondary N) is 2. The smallest absolute Gasteiger partial charge is 0.270 e. The molecule has 120 valence electrons. The van der Waals surface area contributed by atoms with E-state index in [2.05, 4.69) is 15.6 Å². The van der Waals surface area contributed by atoms with Crippen molar-refractivity contribution in [3.8, 4) is 0 Å². The normalized spacial score (nSPS) is 11.6. The Balaban J connectivity index is 2.12. The fourth-order valence-electron chi connectivity index (χ4n) is 2.02. The van der Waals surface area contributed by atoms with Crippen molar-refractivity contribution in [1.82, 2.24) is 10.3 Å². The lowest BCUT2D eigenvalue weighted by Crippen LogP contribution is -2.32. The average Bonchev–Trinajstić information content (AvgIpc) is 2.54. The minimum atomic E-state index is -0.274. The van der Waals surface area contributed by atoms with E-state index in [9.17, 15) is 9.59 Å². The Hall–Kier alpha value is -2.69. The van der Waals surface area contributed by atoms with Gasteiger partial charge in [-0.3, -0.25) is 14.6 Å². The molecular weight excluding hydrogens is 290 g/mol. The van der Waals surface area contributed by atoms with Crippen molar-refractivity contribution >= 4 is 17.5 Å². The number of hydrogen-bond donors (Lipinski definition) is 2. The van der Waals surface area contributed by atoms with Crippen LogP contribution in [-0.2, 0) is 0 Å². The quantitative estimate of drug-likeness (QED) is 0.891. The summed E-state index contributed by atoms with van der Waals surface area (Å²) in [4.78, 5) is 28.4. The van der Waals surface area contributed by atoms with Crippen LogP contribution in [0.1, 0.15) is 46.7 Å². The van der Waals surface area contributed by atoms with E-state index in [0.29, 0.717) is 5.56 Å². The summed E-state index contributed by atoms with van der Waals surface area (Å²) in [6.07, 6.45) is 2.30. The SMILES string of the molecule is CCC(C)NC(=O)c1cc(C(=O)Nc2cccc(C)c2)ccn1. The number of pyridine rings is 1. The molecule has 1 aromatic heterocycles. The van der Waals surface area contributed by atoms with Crippen molar-refractivity contribution in [2.45, 2.75) is 33.2 Å². The maximum Gasteiger partial charge on any atom is 0.270 e. The predicted octanol–water partition coefficient (Wildman–Crippen LogP) is 3.17. The summed E-state index contributed by atoms with van der Waals surface area (Å²) in [7, 11) is 0. The third kappa shape index (κ3) is 4.64. The summed E-state index contributed by atoms with van der Waals surface area (Å²) < 4.78 is 0. The molecule has 1 atom stereocenters. The lowest BCUT2D eigenvalue weighted by molar-refractivity contribution is 0.0934. The number of carbonyl (C=O) groups is 2. The molecule has 0 saturated carbocycles. The molecule has 1 aromatic carbocycles. The number of carbonyl (C=O) groups excluding carboxylic acids is 2. The zero-order chi connectivity index (χ0) is 16.8. The molecule has 0 fully saturated rings. The van der Waals surface area contributed by atoms with Crippen molar-refractivity contribution in [2.24, 2.45) is 0 Å². The standard InChI is InChI=1S/C18H21N3O2/c1-4-13(3)20-18(23)16-11-14(8-9-19-16)17(22)21-15-7-5-6-12(2)10-15/h5-11,13H,4H2,1-3H3,(H,20,23)(H,21,22). The van der Waals surface area contributed by atoms with Crippen molar-refractivity contribution in [3.05, 3.63) is 59.4 Å². The third-order valence-electron chi connectivity index (χ3n) is 3.52.